The number of benzene rings is 1. The zero-order valence-electron chi connectivity index (χ0n) is 17.1. The van der Waals surface area contributed by atoms with Crippen LogP contribution in [-0.4, -0.2) is 31.3 Å². The molecule has 154 valence electrons. The number of aromatic nitrogens is 5. The number of nitrogens with zero attached hydrogens (tertiary/aromatic N) is 3. The van der Waals surface area contributed by atoms with E-state index in [4.69, 9.17) is 4.74 Å². The first-order valence-corrected chi connectivity index (χ1v) is 10.9. The van der Waals surface area contributed by atoms with Crippen molar-refractivity contribution in [3.8, 4) is 28.3 Å². The molecule has 6 heteroatoms. The van der Waals surface area contributed by atoms with Gasteiger partial charge in [-0.05, 0) is 61.6 Å². The molecule has 0 bridgehead atoms. The summed E-state index contributed by atoms with van der Waals surface area (Å²) in [5.41, 5.74) is 6.01. The van der Waals surface area contributed by atoms with Crippen LogP contribution in [0, 0.1) is 0 Å². The van der Waals surface area contributed by atoms with E-state index in [0.717, 1.165) is 62.9 Å². The normalized spacial score (nSPS) is 15.0. The molecule has 0 atom stereocenters. The Kier molecular flexibility index (Phi) is 4.41. The number of hydrogen-bond acceptors (Lipinski definition) is 4. The molecule has 2 N–H and O–H groups in total. The van der Waals surface area contributed by atoms with Gasteiger partial charge in [0, 0.05) is 28.7 Å². The molecule has 1 aliphatic carbocycles. The first-order chi connectivity index (χ1) is 15.3. The zero-order chi connectivity index (χ0) is 20.6. The molecule has 5 aromatic rings. The first-order valence-electron chi connectivity index (χ1n) is 10.9. The molecular weight excluding hydrogens is 386 g/mol. The van der Waals surface area contributed by atoms with Crippen LogP contribution in [0.25, 0.3) is 44.3 Å². The number of nitrogens with one attached hydrogen (secondary N) is 2. The summed E-state index contributed by atoms with van der Waals surface area (Å²) in [6.45, 7) is 0. The summed E-state index contributed by atoms with van der Waals surface area (Å²) < 4.78 is 6.22. The Morgan fingerprint density at radius 1 is 0.839 bits per heavy atom. The summed E-state index contributed by atoms with van der Waals surface area (Å²) in [6, 6.07) is 12.5. The van der Waals surface area contributed by atoms with Crippen LogP contribution in [0.15, 0.2) is 61.2 Å². The molecule has 1 saturated carbocycles. The molecule has 4 heterocycles. The number of ether oxygens (including phenoxy) is 1. The van der Waals surface area contributed by atoms with Crippen LogP contribution in [0.2, 0.25) is 0 Å². The van der Waals surface area contributed by atoms with E-state index in [1.807, 2.05) is 24.7 Å². The number of fused-ring (bicyclic) bond motifs is 2. The van der Waals surface area contributed by atoms with Crippen molar-refractivity contribution in [3.63, 3.8) is 0 Å². The van der Waals surface area contributed by atoms with E-state index in [9.17, 15) is 0 Å². The molecular formula is C25H23N5O. The third kappa shape index (κ3) is 3.44. The van der Waals surface area contributed by atoms with E-state index in [0.29, 0.717) is 6.10 Å². The molecule has 0 radical (unpaired) electrons. The summed E-state index contributed by atoms with van der Waals surface area (Å²) in [6.07, 6.45) is 13.7. The van der Waals surface area contributed by atoms with Gasteiger partial charge in [0.25, 0.3) is 0 Å². The molecule has 0 amide bonds. The Morgan fingerprint density at radius 2 is 1.77 bits per heavy atom. The third-order valence-electron chi connectivity index (χ3n) is 6.14. The maximum absolute atomic E-state index is 6.22. The van der Waals surface area contributed by atoms with Crippen LogP contribution in [0.5, 0.6) is 5.75 Å². The largest absolute Gasteiger partial charge is 0.489 e. The smallest absolute Gasteiger partial charge is 0.138 e. The standard InChI is InChI=1S/C25H23N5O/c1-2-4-19(5-3-1)31-20-10-18(13-27-14-20)16-6-7-22-21(11-16)25(30-29-22)23-12-17-8-9-26-15-24(17)28-23/h6-15,19,28H,1-5H2,(H,29,30). The minimum Gasteiger partial charge on any atom is -0.489 e. The third-order valence-corrected chi connectivity index (χ3v) is 6.14. The molecule has 1 aliphatic rings. The van der Waals surface area contributed by atoms with Crippen LogP contribution in [-0.2, 0) is 0 Å². The fraction of sp³-hybridized carbons (Fsp3) is 0.240. The van der Waals surface area contributed by atoms with Crippen molar-refractivity contribution in [2.45, 2.75) is 38.2 Å². The second kappa shape index (κ2) is 7.54. The van der Waals surface area contributed by atoms with E-state index >= 15 is 0 Å². The summed E-state index contributed by atoms with van der Waals surface area (Å²) in [5.74, 6) is 0.847. The Hall–Kier alpha value is -3.67. The predicted molar refractivity (Wildman–Crippen MR) is 122 cm³/mol. The lowest BCUT2D eigenvalue weighted by atomic mass is 9.98. The number of aromatic amines is 2. The quantitative estimate of drug-likeness (QED) is 0.388. The Balaban J connectivity index is 1.36. The molecule has 1 aromatic carbocycles. The Labute approximate surface area is 179 Å². The molecule has 0 aliphatic heterocycles. The Morgan fingerprint density at radius 3 is 2.68 bits per heavy atom. The molecule has 0 spiro atoms. The van der Waals surface area contributed by atoms with Crippen molar-refractivity contribution in [1.29, 1.82) is 0 Å². The van der Waals surface area contributed by atoms with Gasteiger partial charge in [-0.25, -0.2) is 0 Å². The number of hydrogen-bond donors (Lipinski definition) is 2. The lowest BCUT2D eigenvalue weighted by Crippen LogP contribution is -2.19. The SMILES string of the molecule is c1cc2cc(-c3n[nH]c4ccc(-c5cncc(OC6CCCCC6)c5)cc34)[nH]c2cn1. The molecule has 0 saturated heterocycles. The monoisotopic (exact) mass is 409 g/mol. The van der Waals surface area contributed by atoms with Crippen LogP contribution >= 0.6 is 0 Å². The van der Waals surface area contributed by atoms with Gasteiger partial charge >= 0.3 is 0 Å². The van der Waals surface area contributed by atoms with Crippen molar-refractivity contribution in [2.24, 2.45) is 0 Å². The molecule has 0 unspecified atom stereocenters. The van der Waals surface area contributed by atoms with E-state index < -0.39 is 0 Å². The lowest BCUT2D eigenvalue weighted by molar-refractivity contribution is 0.154. The number of pyridine rings is 2. The van der Waals surface area contributed by atoms with Gasteiger partial charge < -0.3 is 9.72 Å². The van der Waals surface area contributed by atoms with Crippen molar-refractivity contribution >= 4 is 21.8 Å². The van der Waals surface area contributed by atoms with E-state index in [-0.39, 0.29) is 0 Å². The minimum atomic E-state index is 0.310. The van der Waals surface area contributed by atoms with Gasteiger partial charge in [-0.2, -0.15) is 5.10 Å². The van der Waals surface area contributed by atoms with Gasteiger partial charge in [0.1, 0.15) is 11.4 Å². The topological polar surface area (TPSA) is 79.5 Å². The van der Waals surface area contributed by atoms with Crippen LogP contribution in [0.4, 0.5) is 0 Å². The van der Waals surface area contributed by atoms with Gasteiger partial charge in [0.2, 0.25) is 0 Å². The molecule has 6 rings (SSSR count). The van der Waals surface area contributed by atoms with Crippen molar-refractivity contribution in [3.05, 3.63) is 61.2 Å². The fourth-order valence-corrected chi connectivity index (χ4v) is 4.52. The maximum Gasteiger partial charge on any atom is 0.138 e. The van der Waals surface area contributed by atoms with E-state index in [1.54, 1.807) is 6.20 Å². The summed E-state index contributed by atoms with van der Waals surface area (Å²) in [4.78, 5) is 12.1. The van der Waals surface area contributed by atoms with Gasteiger partial charge in [-0.1, -0.05) is 12.5 Å². The second-order valence-corrected chi connectivity index (χ2v) is 8.27. The van der Waals surface area contributed by atoms with Crippen molar-refractivity contribution < 1.29 is 4.74 Å². The van der Waals surface area contributed by atoms with Gasteiger partial charge in [-0.15, -0.1) is 0 Å². The molecule has 4 aromatic heterocycles. The molecule has 6 nitrogen and oxygen atoms in total. The highest BCUT2D eigenvalue weighted by atomic mass is 16.5. The van der Waals surface area contributed by atoms with Gasteiger partial charge in [-0.3, -0.25) is 15.1 Å². The summed E-state index contributed by atoms with van der Waals surface area (Å²) in [5, 5.41) is 9.91. The number of rotatable bonds is 4. The maximum atomic E-state index is 6.22. The van der Waals surface area contributed by atoms with Gasteiger partial charge in [0.05, 0.1) is 35.2 Å². The summed E-state index contributed by atoms with van der Waals surface area (Å²) in [7, 11) is 0. The van der Waals surface area contributed by atoms with Crippen LogP contribution in [0.3, 0.4) is 0 Å². The fourth-order valence-electron chi connectivity index (χ4n) is 4.52. The minimum absolute atomic E-state index is 0.310. The predicted octanol–water partition coefficient (Wildman–Crippen LogP) is 5.88. The second-order valence-electron chi connectivity index (χ2n) is 8.27. The molecule has 31 heavy (non-hydrogen) atoms. The van der Waals surface area contributed by atoms with E-state index in [1.165, 1.54) is 19.3 Å². The number of H-pyrrole nitrogens is 2. The van der Waals surface area contributed by atoms with Crippen molar-refractivity contribution in [1.82, 2.24) is 25.1 Å². The highest BCUT2D eigenvalue weighted by molar-refractivity contribution is 5.97. The van der Waals surface area contributed by atoms with Gasteiger partial charge in [0.15, 0.2) is 0 Å². The summed E-state index contributed by atoms with van der Waals surface area (Å²) >= 11 is 0. The average Bonchev–Trinajstić information content (AvgIpc) is 3.43. The highest BCUT2D eigenvalue weighted by Crippen LogP contribution is 2.33. The van der Waals surface area contributed by atoms with E-state index in [2.05, 4.69) is 55.5 Å². The highest BCUT2D eigenvalue weighted by Gasteiger charge is 2.16. The van der Waals surface area contributed by atoms with Crippen LogP contribution < -0.4 is 4.74 Å². The first kappa shape index (κ1) is 18.1. The molecule has 1 fully saturated rings. The average molecular weight is 409 g/mol. The van der Waals surface area contributed by atoms with Crippen molar-refractivity contribution in [2.75, 3.05) is 0 Å². The van der Waals surface area contributed by atoms with Crippen LogP contribution in [0.1, 0.15) is 32.1 Å². The Bertz CT molecular complexity index is 1330. The lowest BCUT2D eigenvalue weighted by Gasteiger charge is -2.23. The zero-order valence-corrected chi connectivity index (χ0v) is 17.1.